The van der Waals surface area contributed by atoms with E-state index in [0.717, 1.165) is 0 Å². The smallest absolute Gasteiger partial charge is 0.251 e. The molecular weight excluding hydrogens is 372 g/mol. The molecule has 0 atom stereocenters. The van der Waals surface area contributed by atoms with Gasteiger partial charge in [-0.25, -0.2) is 4.63 Å². The number of nitrogens with one attached hydrogen (secondary N) is 2. The Morgan fingerprint density at radius 2 is 1.66 bits per heavy atom. The fraction of sp³-hybridized carbons (Fsp3) is 0.0476. The molecule has 0 saturated heterocycles. The van der Waals surface area contributed by atoms with E-state index in [-0.39, 0.29) is 12.5 Å². The van der Waals surface area contributed by atoms with Gasteiger partial charge in [0, 0.05) is 5.56 Å². The fourth-order valence-corrected chi connectivity index (χ4v) is 2.65. The Labute approximate surface area is 165 Å². The Bertz CT molecular complexity index is 1160. The van der Waals surface area contributed by atoms with Crippen LogP contribution in [0.3, 0.4) is 0 Å². The maximum atomic E-state index is 12.3. The van der Waals surface area contributed by atoms with E-state index in [0.29, 0.717) is 33.8 Å². The van der Waals surface area contributed by atoms with E-state index >= 15 is 0 Å². The number of fused-ring (bicyclic) bond motifs is 1. The Kier molecular flexibility index (Phi) is 5.15. The molecule has 0 bridgehead atoms. The van der Waals surface area contributed by atoms with Crippen LogP contribution in [0.2, 0.25) is 0 Å². The second-order valence-electron chi connectivity index (χ2n) is 6.11. The van der Waals surface area contributed by atoms with Gasteiger partial charge in [0.1, 0.15) is 16.8 Å². The zero-order chi connectivity index (χ0) is 20.1. The number of aromatic nitrogens is 2. The normalized spacial score (nSPS) is 10.5. The summed E-state index contributed by atoms with van der Waals surface area (Å²) in [6.07, 6.45) is 0. The maximum Gasteiger partial charge on any atom is 0.251 e. The lowest BCUT2D eigenvalue weighted by atomic mass is 10.2. The van der Waals surface area contributed by atoms with Crippen LogP contribution >= 0.6 is 0 Å². The molecular formula is C21H16N4O4. The molecule has 2 amide bonds. The summed E-state index contributed by atoms with van der Waals surface area (Å²) < 4.78 is 10.4. The van der Waals surface area contributed by atoms with Gasteiger partial charge in [-0.3, -0.25) is 9.59 Å². The van der Waals surface area contributed by atoms with E-state index < -0.39 is 5.91 Å². The van der Waals surface area contributed by atoms with Crippen molar-refractivity contribution in [2.24, 2.45) is 0 Å². The first-order valence-corrected chi connectivity index (χ1v) is 8.81. The van der Waals surface area contributed by atoms with E-state index in [1.807, 2.05) is 36.4 Å². The summed E-state index contributed by atoms with van der Waals surface area (Å²) in [5.41, 5.74) is 1.88. The monoisotopic (exact) mass is 388 g/mol. The third-order valence-corrected chi connectivity index (χ3v) is 4.06. The SMILES string of the molecule is O=C(CNC(=O)c1ccc2nonc2c1)Nc1ccccc1Oc1ccccc1. The zero-order valence-corrected chi connectivity index (χ0v) is 15.2. The molecule has 8 nitrogen and oxygen atoms in total. The van der Waals surface area contributed by atoms with Gasteiger partial charge in [-0.15, -0.1) is 0 Å². The van der Waals surface area contributed by atoms with Crippen LogP contribution in [-0.2, 0) is 4.79 Å². The van der Waals surface area contributed by atoms with Crippen molar-refractivity contribution >= 4 is 28.5 Å². The topological polar surface area (TPSA) is 106 Å². The molecule has 2 N–H and O–H groups in total. The van der Waals surface area contributed by atoms with E-state index in [9.17, 15) is 9.59 Å². The second-order valence-corrected chi connectivity index (χ2v) is 6.11. The van der Waals surface area contributed by atoms with Crippen molar-refractivity contribution in [2.45, 2.75) is 0 Å². The average molecular weight is 388 g/mol. The Morgan fingerprint density at radius 1 is 0.897 bits per heavy atom. The number of para-hydroxylation sites is 3. The predicted molar refractivity (Wildman–Crippen MR) is 106 cm³/mol. The third kappa shape index (κ3) is 4.38. The van der Waals surface area contributed by atoms with Crippen LogP contribution < -0.4 is 15.4 Å². The van der Waals surface area contributed by atoms with E-state index in [2.05, 4.69) is 25.6 Å². The molecule has 1 aromatic heterocycles. The highest BCUT2D eigenvalue weighted by molar-refractivity contribution is 6.01. The van der Waals surface area contributed by atoms with Gasteiger partial charge in [-0.2, -0.15) is 0 Å². The molecule has 0 fully saturated rings. The van der Waals surface area contributed by atoms with Gasteiger partial charge in [0.15, 0.2) is 5.75 Å². The van der Waals surface area contributed by atoms with Crippen LogP contribution in [-0.4, -0.2) is 28.7 Å². The van der Waals surface area contributed by atoms with Crippen molar-refractivity contribution in [1.82, 2.24) is 15.6 Å². The highest BCUT2D eigenvalue weighted by Gasteiger charge is 2.12. The molecule has 144 valence electrons. The van der Waals surface area contributed by atoms with Crippen molar-refractivity contribution in [2.75, 3.05) is 11.9 Å². The first-order chi connectivity index (χ1) is 14.2. The first kappa shape index (κ1) is 18.2. The number of nitrogens with zero attached hydrogens (tertiary/aromatic N) is 2. The molecule has 4 rings (SSSR count). The Hall–Kier alpha value is -4.20. The van der Waals surface area contributed by atoms with Crippen molar-refractivity contribution in [3.8, 4) is 11.5 Å². The van der Waals surface area contributed by atoms with Crippen LogP contribution in [0.15, 0.2) is 77.4 Å². The highest BCUT2D eigenvalue weighted by atomic mass is 16.6. The average Bonchev–Trinajstić information content (AvgIpc) is 3.22. The molecule has 0 aliphatic heterocycles. The largest absolute Gasteiger partial charge is 0.455 e. The summed E-state index contributed by atoms with van der Waals surface area (Å²) in [6.45, 7) is -0.201. The molecule has 3 aromatic carbocycles. The minimum Gasteiger partial charge on any atom is -0.455 e. The summed E-state index contributed by atoms with van der Waals surface area (Å²) in [5.74, 6) is 0.369. The Balaban J connectivity index is 1.38. The van der Waals surface area contributed by atoms with Crippen LogP contribution in [0.1, 0.15) is 10.4 Å². The lowest BCUT2D eigenvalue weighted by molar-refractivity contribution is -0.115. The number of carbonyl (C=O) groups is 2. The quantitative estimate of drug-likeness (QED) is 0.524. The molecule has 8 heteroatoms. The van der Waals surface area contributed by atoms with Crippen molar-refractivity contribution < 1.29 is 19.0 Å². The van der Waals surface area contributed by atoms with Crippen LogP contribution in [0.4, 0.5) is 5.69 Å². The molecule has 0 unspecified atom stereocenters. The molecule has 29 heavy (non-hydrogen) atoms. The molecule has 0 spiro atoms. The van der Waals surface area contributed by atoms with Gasteiger partial charge in [0.2, 0.25) is 5.91 Å². The highest BCUT2D eigenvalue weighted by Crippen LogP contribution is 2.28. The summed E-state index contributed by atoms with van der Waals surface area (Å²) >= 11 is 0. The third-order valence-electron chi connectivity index (χ3n) is 4.06. The number of hydrogen-bond donors (Lipinski definition) is 2. The maximum absolute atomic E-state index is 12.3. The molecule has 0 aliphatic rings. The summed E-state index contributed by atoms with van der Waals surface area (Å²) in [6, 6.07) is 21.1. The number of hydrogen-bond acceptors (Lipinski definition) is 6. The zero-order valence-electron chi connectivity index (χ0n) is 15.2. The van der Waals surface area contributed by atoms with E-state index in [1.54, 1.807) is 36.4 Å². The number of ether oxygens (including phenoxy) is 1. The predicted octanol–water partition coefficient (Wildman–Crippen LogP) is 3.38. The molecule has 0 aliphatic carbocycles. The lowest BCUT2D eigenvalue weighted by Gasteiger charge is -2.12. The Morgan fingerprint density at radius 3 is 2.52 bits per heavy atom. The number of anilines is 1. The molecule has 0 radical (unpaired) electrons. The van der Waals surface area contributed by atoms with Gasteiger partial charge >= 0.3 is 0 Å². The minimum atomic E-state index is -0.404. The van der Waals surface area contributed by atoms with Gasteiger partial charge in [-0.1, -0.05) is 30.3 Å². The summed E-state index contributed by atoms with van der Waals surface area (Å²) in [5, 5.41) is 12.7. The second kappa shape index (κ2) is 8.22. The van der Waals surface area contributed by atoms with Gasteiger partial charge in [0.05, 0.1) is 12.2 Å². The van der Waals surface area contributed by atoms with Crippen LogP contribution in [0.25, 0.3) is 11.0 Å². The number of carbonyl (C=O) groups excluding carboxylic acids is 2. The van der Waals surface area contributed by atoms with Crippen molar-refractivity contribution in [1.29, 1.82) is 0 Å². The van der Waals surface area contributed by atoms with Crippen molar-refractivity contribution in [3.05, 3.63) is 78.4 Å². The lowest BCUT2D eigenvalue weighted by Crippen LogP contribution is -2.32. The fourth-order valence-electron chi connectivity index (χ4n) is 2.65. The number of benzene rings is 3. The van der Waals surface area contributed by atoms with Gasteiger partial charge < -0.3 is 15.4 Å². The molecule has 1 heterocycles. The summed E-state index contributed by atoms with van der Waals surface area (Å²) in [4.78, 5) is 24.6. The number of rotatable bonds is 6. The van der Waals surface area contributed by atoms with Crippen LogP contribution in [0.5, 0.6) is 11.5 Å². The van der Waals surface area contributed by atoms with Gasteiger partial charge in [-0.05, 0) is 52.8 Å². The van der Waals surface area contributed by atoms with E-state index in [4.69, 9.17) is 4.74 Å². The molecule has 0 saturated carbocycles. The van der Waals surface area contributed by atoms with E-state index in [1.165, 1.54) is 0 Å². The minimum absolute atomic E-state index is 0.201. The first-order valence-electron chi connectivity index (χ1n) is 8.81. The van der Waals surface area contributed by atoms with Crippen LogP contribution in [0, 0.1) is 0 Å². The standard InChI is InChI=1S/C21H16N4O4/c26-20(13-22-21(27)14-10-11-16-18(12-14)25-29-24-16)23-17-8-4-5-9-19(17)28-15-6-2-1-3-7-15/h1-12H,13H2,(H,22,27)(H,23,26). The summed E-state index contributed by atoms with van der Waals surface area (Å²) in [7, 11) is 0. The van der Waals surface area contributed by atoms with Gasteiger partial charge in [0.25, 0.3) is 5.91 Å². The molecule has 4 aromatic rings. The number of amides is 2. The van der Waals surface area contributed by atoms with Crippen molar-refractivity contribution in [3.63, 3.8) is 0 Å².